The number of carbonyl (C=O) groups excluding carboxylic acids is 3. The minimum Gasteiger partial charge on any atom is -0.490 e. The number of piperazine rings is 1. The van der Waals surface area contributed by atoms with Gasteiger partial charge < -0.3 is 19.7 Å². The molecule has 2 saturated heterocycles. The van der Waals surface area contributed by atoms with Crippen molar-refractivity contribution in [3.63, 3.8) is 0 Å². The molecule has 3 aliphatic rings. The smallest absolute Gasteiger partial charge is 0.325 e. The third-order valence-corrected chi connectivity index (χ3v) is 7.07. The maximum Gasteiger partial charge on any atom is 0.325 e. The summed E-state index contributed by atoms with van der Waals surface area (Å²) in [5.74, 6) is 0.0651. The van der Waals surface area contributed by atoms with E-state index in [0.29, 0.717) is 24.7 Å². The monoisotopic (exact) mass is 438 g/mol. The topological polar surface area (TPSA) is 126 Å². The standard InChI is InChI=1S/C18H22N4O7S/c23-16-11-19-18(25)22(16)12-17(24)20-4-6-21(7-5-20)30(26,27)13-2-3-14-15(10-13)29-9-1-8-28-14/h2-3,10H,1,4-9,11-12H2,(H,19,25). The Morgan fingerprint density at radius 1 is 1.03 bits per heavy atom. The number of fused-ring (bicyclic) bond motifs is 1. The maximum absolute atomic E-state index is 13.0. The van der Waals surface area contributed by atoms with E-state index >= 15 is 0 Å². The molecule has 3 aliphatic heterocycles. The number of hydrogen-bond acceptors (Lipinski definition) is 7. The Morgan fingerprint density at radius 2 is 1.73 bits per heavy atom. The van der Waals surface area contributed by atoms with Crippen LogP contribution in [-0.4, -0.2) is 92.9 Å². The summed E-state index contributed by atoms with van der Waals surface area (Å²) in [5, 5.41) is 2.36. The van der Waals surface area contributed by atoms with Crippen LogP contribution in [0.1, 0.15) is 6.42 Å². The van der Waals surface area contributed by atoms with Crippen LogP contribution in [0.15, 0.2) is 23.1 Å². The van der Waals surface area contributed by atoms with Crippen LogP contribution in [0.4, 0.5) is 4.79 Å². The van der Waals surface area contributed by atoms with Crippen molar-refractivity contribution < 1.29 is 32.3 Å². The Morgan fingerprint density at radius 3 is 2.40 bits per heavy atom. The van der Waals surface area contributed by atoms with Crippen molar-refractivity contribution in [2.45, 2.75) is 11.3 Å². The number of sulfonamides is 1. The lowest BCUT2D eigenvalue weighted by atomic mass is 10.3. The zero-order valence-corrected chi connectivity index (χ0v) is 17.0. The van der Waals surface area contributed by atoms with E-state index in [1.807, 2.05) is 0 Å². The Bertz CT molecular complexity index is 957. The summed E-state index contributed by atoms with van der Waals surface area (Å²) in [4.78, 5) is 38.1. The van der Waals surface area contributed by atoms with Crippen molar-refractivity contribution in [3.05, 3.63) is 18.2 Å². The first-order valence-electron chi connectivity index (χ1n) is 9.62. The number of imide groups is 1. The molecule has 12 heteroatoms. The van der Waals surface area contributed by atoms with E-state index in [9.17, 15) is 22.8 Å². The fraction of sp³-hybridized carbons (Fsp3) is 0.500. The van der Waals surface area contributed by atoms with Gasteiger partial charge in [-0.25, -0.2) is 13.2 Å². The van der Waals surface area contributed by atoms with E-state index in [1.165, 1.54) is 21.3 Å². The Hall–Kier alpha value is -2.86. The molecule has 162 valence electrons. The average molecular weight is 438 g/mol. The normalized spacial score (nSPS) is 20.1. The third kappa shape index (κ3) is 3.92. The molecule has 1 N–H and O–H groups in total. The fourth-order valence-corrected chi connectivity index (χ4v) is 4.92. The van der Waals surface area contributed by atoms with Gasteiger partial charge in [-0.1, -0.05) is 0 Å². The highest BCUT2D eigenvalue weighted by Crippen LogP contribution is 2.33. The second kappa shape index (κ2) is 8.11. The van der Waals surface area contributed by atoms with Crippen molar-refractivity contribution in [2.75, 3.05) is 52.5 Å². The number of benzene rings is 1. The maximum atomic E-state index is 13.0. The van der Waals surface area contributed by atoms with Gasteiger partial charge in [0.2, 0.25) is 15.9 Å². The van der Waals surface area contributed by atoms with E-state index < -0.39 is 27.9 Å². The highest BCUT2D eigenvalue weighted by atomic mass is 32.2. The first-order valence-corrected chi connectivity index (χ1v) is 11.1. The summed E-state index contributed by atoms with van der Waals surface area (Å²) in [6.45, 7) is 1.08. The second-order valence-corrected chi connectivity index (χ2v) is 9.02. The summed E-state index contributed by atoms with van der Waals surface area (Å²) >= 11 is 0. The van der Waals surface area contributed by atoms with E-state index in [4.69, 9.17) is 9.47 Å². The summed E-state index contributed by atoms with van der Waals surface area (Å²) in [6, 6.07) is 3.94. The lowest BCUT2D eigenvalue weighted by Gasteiger charge is -2.34. The molecule has 1 aromatic rings. The zero-order chi connectivity index (χ0) is 21.3. The molecular formula is C18H22N4O7S. The number of amides is 4. The lowest BCUT2D eigenvalue weighted by Crippen LogP contribution is -2.53. The van der Waals surface area contributed by atoms with Gasteiger partial charge in [0.1, 0.15) is 6.54 Å². The van der Waals surface area contributed by atoms with Gasteiger partial charge in [0.05, 0.1) is 24.7 Å². The predicted molar refractivity (Wildman–Crippen MR) is 102 cm³/mol. The fourth-order valence-electron chi connectivity index (χ4n) is 3.48. The van der Waals surface area contributed by atoms with Gasteiger partial charge >= 0.3 is 6.03 Å². The molecule has 2 fully saturated rings. The average Bonchev–Trinajstić information content (AvgIpc) is 2.94. The molecule has 0 radical (unpaired) electrons. The number of rotatable bonds is 4. The van der Waals surface area contributed by atoms with Gasteiger partial charge in [-0.05, 0) is 12.1 Å². The predicted octanol–water partition coefficient (Wildman–Crippen LogP) is -0.767. The van der Waals surface area contributed by atoms with Gasteiger partial charge in [-0.15, -0.1) is 0 Å². The molecule has 0 aromatic heterocycles. The van der Waals surface area contributed by atoms with Gasteiger partial charge in [0.15, 0.2) is 11.5 Å². The van der Waals surface area contributed by atoms with Crippen LogP contribution in [-0.2, 0) is 19.6 Å². The first-order chi connectivity index (χ1) is 14.4. The quantitative estimate of drug-likeness (QED) is 0.612. The number of nitrogens with zero attached hydrogens (tertiary/aromatic N) is 3. The largest absolute Gasteiger partial charge is 0.490 e. The number of carbonyl (C=O) groups is 3. The molecule has 11 nitrogen and oxygen atoms in total. The van der Waals surface area contributed by atoms with Gasteiger partial charge in [0.25, 0.3) is 5.91 Å². The van der Waals surface area contributed by atoms with Crippen molar-refractivity contribution >= 4 is 27.9 Å². The molecule has 0 aliphatic carbocycles. The minimum absolute atomic E-state index is 0.103. The molecule has 4 rings (SSSR count). The third-order valence-electron chi connectivity index (χ3n) is 5.18. The zero-order valence-electron chi connectivity index (χ0n) is 16.2. The summed E-state index contributed by atoms with van der Waals surface area (Å²) in [5.41, 5.74) is 0. The molecule has 0 bridgehead atoms. The van der Waals surface area contributed by atoms with E-state index in [0.717, 1.165) is 11.3 Å². The van der Waals surface area contributed by atoms with Crippen molar-refractivity contribution in [3.8, 4) is 11.5 Å². The van der Waals surface area contributed by atoms with Crippen molar-refractivity contribution in [1.82, 2.24) is 19.4 Å². The van der Waals surface area contributed by atoms with Crippen LogP contribution in [0.2, 0.25) is 0 Å². The first kappa shape index (κ1) is 20.4. The second-order valence-electron chi connectivity index (χ2n) is 7.08. The van der Waals surface area contributed by atoms with Crippen molar-refractivity contribution in [2.24, 2.45) is 0 Å². The molecule has 0 saturated carbocycles. The highest BCUT2D eigenvalue weighted by molar-refractivity contribution is 7.89. The summed E-state index contributed by atoms with van der Waals surface area (Å²) in [6.07, 6.45) is 0.720. The molecule has 1 aromatic carbocycles. The number of ether oxygens (including phenoxy) is 2. The van der Waals surface area contributed by atoms with E-state index in [-0.39, 0.29) is 44.2 Å². The molecular weight excluding hydrogens is 416 g/mol. The molecule has 0 atom stereocenters. The van der Waals surface area contributed by atoms with Gasteiger partial charge in [0, 0.05) is 38.7 Å². The van der Waals surface area contributed by atoms with Crippen LogP contribution in [0.5, 0.6) is 11.5 Å². The van der Waals surface area contributed by atoms with Gasteiger partial charge in [-0.2, -0.15) is 4.31 Å². The number of nitrogens with one attached hydrogen (secondary N) is 1. The SMILES string of the molecule is O=C(CN1C(=O)CNC1=O)N1CCN(S(=O)(=O)c2ccc3c(c2)OCCCO3)CC1. The number of urea groups is 1. The molecule has 0 spiro atoms. The molecule has 4 amide bonds. The molecule has 0 unspecified atom stereocenters. The summed E-state index contributed by atoms with van der Waals surface area (Å²) < 4.78 is 38.5. The van der Waals surface area contributed by atoms with E-state index in [1.54, 1.807) is 6.07 Å². The van der Waals surface area contributed by atoms with Crippen LogP contribution in [0, 0.1) is 0 Å². The minimum atomic E-state index is -3.77. The molecule has 30 heavy (non-hydrogen) atoms. The highest BCUT2D eigenvalue weighted by Gasteiger charge is 2.34. The Kier molecular flexibility index (Phi) is 5.52. The van der Waals surface area contributed by atoms with E-state index in [2.05, 4.69) is 5.32 Å². The summed E-state index contributed by atoms with van der Waals surface area (Å²) in [7, 11) is -3.77. The Labute approximate surface area is 173 Å². The Balaban J connectivity index is 1.39. The van der Waals surface area contributed by atoms with Crippen LogP contribution in [0.25, 0.3) is 0 Å². The molecule has 3 heterocycles. The van der Waals surface area contributed by atoms with Gasteiger partial charge in [-0.3, -0.25) is 14.5 Å². The van der Waals surface area contributed by atoms with Crippen molar-refractivity contribution in [1.29, 1.82) is 0 Å². The van der Waals surface area contributed by atoms with Crippen LogP contribution < -0.4 is 14.8 Å². The number of hydrogen-bond donors (Lipinski definition) is 1. The lowest BCUT2D eigenvalue weighted by molar-refractivity contribution is -0.137. The van der Waals surface area contributed by atoms with Crippen LogP contribution >= 0.6 is 0 Å². The van der Waals surface area contributed by atoms with Crippen LogP contribution in [0.3, 0.4) is 0 Å².